The standard InChI is InChI=1S/C27H25ClN6O5S/c1-5-27(4)18(11-37-20(14(2)35)17-12-40-24(31-17)16-9-7-6-8-10-16)39-25(21(27)38-15(3)36)34-13-30-19-22(29)32-26(28)33-23(19)34/h1,6-10,12-13,18,20-21,25H,11H2,2-4H3,(H2,29,32,33)/t18-,20?,21+,25-,27+/m1/s1. The molecule has 5 atom stereocenters. The van der Waals surface area contributed by atoms with Crippen LogP contribution in [0.5, 0.6) is 0 Å². The molecule has 1 aliphatic heterocycles. The van der Waals surface area contributed by atoms with E-state index >= 15 is 0 Å². The normalized spacial score (nSPS) is 23.1. The van der Waals surface area contributed by atoms with Gasteiger partial charge in [0, 0.05) is 17.9 Å². The lowest BCUT2D eigenvalue weighted by Crippen LogP contribution is -2.41. The number of Topliss-reactive ketones (excluding diaryl/α,β-unsaturated/α-hetero) is 1. The highest BCUT2D eigenvalue weighted by Crippen LogP contribution is 2.46. The van der Waals surface area contributed by atoms with Gasteiger partial charge in [-0.1, -0.05) is 36.3 Å². The van der Waals surface area contributed by atoms with Crippen LogP contribution >= 0.6 is 22.9 Å². The summed E-state index contributed by atoms with van der Waals surface area (Å²) >= 11 is 7.46. The molecule has 3 aromatic heterocycles. The van der Waals surface area contributed by atoms with Gasteiger partial charge in [0.15, 0.2) is 35.7 Å². The second kappa shape index (κ2) is 10.9. The second-order valence-corrected chi connectivity index (χ2v) is 10.6. The molecule has 1 unspecified atom stereocenters. The third-order valence-electron chi connectivity index (χ3n) is 6.72. The molecule has 1 aromatic carbocycles. The minimum atomic E-state index is -1.16. The fraction of sp³-hybridized carbons (Fsp3) is 0.333. The van der Waals surface area contributed by atoms with Gasteiger partial charge < -0.3 is 19.9 Å². The summed E-state index contributed by atoms with van der Waals surface area (Å²) in [4.78, 5) is 41.8. The second-order valence-electron chi connectivity index (χ2n) is 9.44. The summed E-state index contributed by atoms with van der Waals surface area (Å²) in [5.41, 5.74) is 6.80. The van der Waals surface area contributed by atoms with Crippen LogP contribution in [0.1, 0.15) is 38.8 Å². The van der Waals surface area contributed by atoms with Gasteiger partial charge in [0.25, 0.3) is 0 Å². The Balaban J connectivity index is 1.45. The predicted molar refractivity (Wildman–Crippen MR) is 148 cm³/mol. The fourth-order valence-electron chi connectivity index (χ4n) is 4.63. The minimum absolute atomic E-state index is 0.0813. The molecule has 0 saturated carbocycles. The number of carbonyl (C=O) groups is 2. The number of carbonyl (C=O) groups excluding carboxylic acids is 2. The SMILES string of the molecule is C#C[C@@]1(C)[C@@H](COC(C(C)=O)c2csc(-c3ccccc3)n2)O[C@@H](n2cnc3c(N)nc(Cl)nc32)[C@@H]1OC(C)=O. The molecule has 0 amide bonds. The number of hydrogen-bond donors (Lipinski definition) is 1. The van der Waals surface area contributed by atoms with Crippen LogP contribution < -0.4 is 5.73 Å². The van der Waals surface area contributed by atoms with Crippen LogP contribution in [0.3, 0.4) is 0 Å². The lowest BCUT2D eigenvalue weighted by atomic mass is 9.81. The molecule has 4 aromatic rings. The van der Waals surface area contributed by atoms with Crippen LogP contribution in [0.15, 0.2) is 42.0 Å². The molecule has 1 saturated heterocycles. The number of rotatable bonds is 8. The minimum Gasteiger partial charge on any atom is -0.456 e. The van der Waals surface area contributed by atoms with Gasteiger partial charge in [-0.05, 0) is 25.4 Å². The number of hydrogen-bond acceptors (Lipinski definition) is 11. The Hall–Kier alpha value is -3.89. The maximum absolute atomic E-state index is 12.6. The van der Waals surface area contributed by atoms with Crippen molar-refractivity contribution >= 4 is 51.7 Å². The average Bonchev–Trinajstić information content (AvgIpc) is 3.63. The first-order valence-electron chi connectivity index (χ1n) is 12.2. The maximum Gasteiger partial charge on any atom is 0.303 e. The summed E-state index contributed by atoms with van der Waals surface area (Å²) in [6.45, 7) is 4.34. The molecule has 2 N–H and O–H groups in total. The highest BCUT2D eigenvalue weighted by atomic mass is 35.5. The van der Waals surface area contributed by atoms with Crippen molar-refractivity contribution in [3.63, 3.8) is 0 Å². The number of halogens is 1. The Morgan fingerprint density at radius 1 is 1.27 bits per heavy atom. The van der Waals surface area contributed by atoms with E-state index in [-0.39, 0.29) is 29.1 Å². The number of esters is 1. The van der Waals surface area contributed by atoms with E-state index in [0.717, 1.165) is 10.6 Å². The van der Waals surface area contributed by atoms with E-state index in [1.54, 1.807) is 12.3 Å². The third kappa shape index (κ3) is 5.04. The molecule has 1 aliphatic rings. The van der Waals surface area contributed by atoms with E-state index in [0.29, 0.717) is 11.2 Å². The summed E-state index contributed by atoms with van der Waals surface area (Å²) in [7, 11) is 0. The van der Waals surface area contributed by atoms with E-state index in [9.17, 15) is 9.59 Å². The molecule has 0 spiro atoms. The van der Waals surface area contributed by atoms with Gasteiger partial charge in [-0.25, -0.2) is 9.97 Å². The van der Waals surface area contributed by atoms with Gasteiger partial charge in [0.2, 0.25) is 5.28 Å². The number of anilines is 1. The molecule has 1 fully saturated rings. The summed E-state index contributed by atoms with van der Waals surface area (Å²) in [5, 5.41) is 2.47. The molecule has 0 bridgehead atoms. The number of ketones is 1. The van der Waals surface area contributed by atoms with Crippen molar-refractivity contribution in [2.24, 2.45) is 5.41 Å². The highest BCUT2D eigenvalue weighted by molar-refractivity contribution is 7.13. The van der Waals surface area contributed by atoms with Crippen molar-refractivity contribution in [3.05, 3.63) is 53.0 Å². The number of benzene rings is 1. The first-order chi connectivity index (χ1) is 19.1. The zero-order valence-corrected chi connectivity index (χ0v) is 23.3. The summed E-state index contributed by atoms with van der Waals surface area (Å²) < 4.78 is 19.7. The zero-order chi connectivity index (χ0) is 28.6. The summed E-state index contributed by atoms with van der Waals surface area (Å²) in [5.74, 6) is 2.02. The average molecular weight is 581 g/mol. The number of terminal acetylenes is 1. The van der Waals surface area contributed by atoms with Crippen LogP contribution in [0.2, 0.25) is 5.28 Å². The van der Waals surface area contributed by atoms with E-state index in [4.69, 9.17) is 38.0 Å². The zero-order valence-electron chi connectivity index (χ0n) is 21.8. The topological polar surface area (TPSA) is 144 Å². The Kier molecular flexibility index (Phi) is 7.57. The molecule has 40 heavy (non-hydrogen) atoms. The summed E-state index contributed by atoms with van der Waals surface area (Å²) in [6, 6.07) is 9.64. The molecular formula is C27H25ClN6O5S. The lowest BCUT2D eigenvalue weighted by molar-refractivity contribution is -0.155. The Morgan fingerprint density at radius 2 is 2.02 bits per heavy atom. The van der Waals surface area contributed by atoms with Gasteiger partial charge in [0.05, 0.1) is 24.0 Å². The Morgan fingerprint density at radius 3 is 2.70 bits per heavy atom. The Labute approximate surface area is 238 Å². The fourth-order valence-corrected chi connectivity index (χ4v) is 5.64. The molecule has 5 rings (SSSR count). The lowest BCUT2D eigenvalue weighted by Gasteiger charge is -2.30. The number of imidazole rings is 1. The van der Waals surface area contributed by atoms with Crippen molar-refractivity contribution in [2.75, 3.05) is 12.3 Å². The van der Waals surface area contributed by atoms with Crippen molar-refractivity contribution in [3.8, 4) is 22.9 Å². The first-order valence-corrected chi connectivity index (χ1v) is 13.5. The number of thiazole rings is 1. The van der Waals surface area contributed by atoms with Crippen molar-refractivity contribution in [1.29, 1.82) is 0 Å². The number of ether oxygens (including phenoxy) is 3. The third-order valence-corrected chi connectivity index (χ3v) is 7.80. The molecule has 0 radical (unpaired) electrons. The van der Waals surface area contributed by atoms with Crippen molar-refractivity contribution < 1.29 is 23.8 Å². The van der Waals surface area contributed by atoms with Crippen molar-refractivity contribution in [2.45, 2.75) is 45.3 Å². The predicted octanol–water partition coefficient (Wildman–Crippen LogP) is 4.00. The van der Waals surface area contributed by atoms with Gasteiger partial charge >= 0.3 is 5.97 Å². The number of nitrogens with two attached hydrogens (primary N) is 1. The van der Waals surface area contributed by atoms with E-state index < -0.39 is 35.9 Å². The van der Waals surface area contributed by atoms with E-state index in [2.05, 4.69) is 25.9 Å². The number of nitrogen functional groups attached to an aromatic ring is 1. The summed E-state index contributed by atoms with van der Waals surface area (Å²) in [6.07, 6.45) is 3.77. The van der Waals surface area contributed by atoms with Crippen LogP contribution in [-0.4, -0.2) is 55.1 Å². The largest absolute Gasteiger partial charge is 0.456 e. The van der Waals surface area contributed by atoms with E-state index in [1.807, 2.05) is 30.3 Å². The quantitative estimate of drug-likeness (QED) is 0.184. The highest BCUT2D eigenvalue weighted by Gasteiger charge is 2.56. The van der Waals surface area contributed by atoms with Gasteiger partial charge in [0.1, 0.15) is 16.6 Å². The number of nitrogens with zero attached hydrogens (tertiary/aromatic N) is 5. The molecule has 13 heteroatoms. The molecule has 4 heterocycles. The monoisotopic (exact) mass is 580 g/mol. The molecule has 0 aliphatic carbocycles. The van der Waals surface area contributed by atoms with E-state index in [1.165, 1.54) is 36.1 Å². The van der Waals surface area contributed by atoms with Gasteiger partial charge in [-0.3, -0.25) is 14.2 Å². The Bertz CT molecular complexity index is 1620. The number of aromatic nitrogens is 5. The van der Waals surface area contributed by atoms with Crippen molar-refractivity contribution in [1.82, 2.24) is 24.5 Å². The smallest absolute Gasteiger partial charge is 0.303 e. The van der Waals surface area contributed by atoms with Crippen LogP contribution in [0.25, 0.3) is 21.7 Å². The molecule has 11 nitrogen and oxygen atoms in total. The first kappa shape index (κ1) is 27.7. The number of fused-ring (bicyclic) bond motifs is 1. The maximum atomic E-state index is 12.6. The van der Waals surface area contributed by atoms with Gasteiger partial charge in [-0.2, -0.15) is 9.97 Å². The van der Waals surface area contributed by atoms with Gasteiger partial charge in [-0.15, -0.1) is 17.8 Å². The molecule has 206 valence electrons. The van der Waals surface area contributed by atoms with Crippen LogP contribution in [-0.2, 0) is 23.8 Å². The van der Waals surface area contributed by atoms with Crippen LogP contribution in [0.4, 0.5) is 5.82 Å². The van der Waals surface area contributed by atoms with Crippen LogP contribution in [0, 0.1) is 17.8 Å². The molecular weight excluding hydrogens is 556 g/mol.